The number of hydrogen-bond donors (Lipinski definition) is 1. The van der Waals surface area contributed by atoms with Crippen LogP contribution in [0.3, 0.4) is 0 Å². The monoisotopic (exact) mass is 443 g/mol. The van der Waals surface area contributed by atoms with Crippen molar-refractivity contribution in [3.8, 4) is 11.5 Å². The molecule has 31 heavy (non-hydrogen) atoms. The van der Waals surface area contributed by atoms with E-state index in [1.807, 2.05) is 51.1 Å². The van der Waals surface area contributed by atoms with Gasteiger partial charge in [-0.2, -0.15) is 0 Å². The summed E-state index contributed by atoms with van der Waals surface area (Å²) < 4.78 is 42.2. The van der Waals surface area contributed by atoms with Gasteiger partial charge >= 0.3 is 0 Å². The number of hydrogen-bond acceptors (Lipinski definition) is 4. The first-order valence-electron chi connectivity index (χ1n) is 11.2. The first-order valence-corrected chi connectivity index (χ1v) is 12.7. The van der Waals surface area contributed by atoms with E-state index in [1.165, 1.54) is 6.42 Å². The summed E-state index contributed by atoms with van der Waals surface area (Å²) in [6, 6.07) is 11.1. The summed E-state index contributed by atoms with van der Waals surface area (Å²) >= 11 is 0. The van der Waals surface area contributed by atoms with E-state index in [9.17, 15) is 8.42 Å². The fourth-order valence-corrected chi connectivity index (χ4v) is 6.55. The highest BCUT2D eigenvalue weighted by Crippen LogP contribution is 2.46. The van der Waals surface area contributed by atoms with E-state index in [2.05, 4.69) is 4.72 Å². The molecule has 2 aromatic rings. The fraction of sp³-hybridized carbons (Fsp3) is 0.520. The number of para-hydroxylation sites is 1. The average molecular weight is 444 g/mol. The van der Waals surface area contributed by atoms with Gasteiger partial charge in [0.25, 0.3) is 0 Å². The van der Waals surface area contributed by atoms with Crippen LogP contribution >= 0.6 is 0 Å². The number of methoxy groups -OCH3 is 1. The fourth-order valence-electron chi connectivity index (χ4n) is 5.07. The standard InChI is InChI=1S/C25H33NO4S/c1-17(2)20-15-24(18(3)14-23(20)29-4)31(27,28)26-21-16-25(12-8-5-9-13-25)30-22-11-7-6-10-19(21)22/h6-7,10-11,14-15,17,21,26H,5,8-9,12-13,16H2,1-4H3. The van der Waals surface area contributed by atoms with Crippen molar-refractivity contribution in [1.29, 1.82) is 0 Å². The van der Waals surface area contributed by atoms with E-state index in [4.69, 9.17) is 9.47 Å². The molecule has 0 amide bonds. The molecule has 0 saturated heterocycles. The lowest BCUT2D eigenvalue weighted by Crippen LogP contribution is -2.46. The Morgan fingerprint density at radius 2 is 1.84 bits per heavy atom. The maximum Gasteiger partial charge on any atom is 0.241 e. The number of rotatable bonds is 5. The van der Waals surface area contributed by atoms with Crippen molar-refractivity contribution in [2.45, 2.75) is 81.8 Å². The second kappa shape index (κ2) is 8.47. The van der Waals surface area contributed by atoms with Crippen molar-refractivity contribution >= 4 is 10.0 Å². The number of nitrogens with one attached hydrogen (secondary N) is 1. The van der Waals surface area contributed by atoms with Crippen LogP contribution in [0.25, 0.3) is 0 Å². The Morgan fingerprint density at radius 1 is 1.13 bits per heavy atom. The summed E-state index contributed by atoms with van der Waals surface area (Å²) in [5, 5.41) is 0. The van der Waals surface area contributed by atoms with Crippen LogP contribution in [-0.4, -0.2) is 21.1 Å². The van der Waals surface area contributed by atoms with Crippen molar-refractivity contribution in [3.05, 3.63) is 53.1 Å². The summed E-state index contributed by atoms with van der Waals surface area (Å²) in [6.07, 6.45) is 6.06. The molecule has 4 rings (SSSR count). The third-order valence-corrected chi connectivity index (χ3v) is 8.31. The van der Waals surface area contributed by atoms with E-state index in [0.29, 0.717) is 16.9 Å². The van der Waals surface area contributed by atoms with E-state index in [-0.39, 0.29) is 17.6 Å². The highest BCUT2D eigenvalue weighted by atomic mass is 32.2. The average Bonchev–Trinajstić information content (AvgIpc) is 2.73. The molecule has 1 heterocycles. The highest BCUT2D eigenvalue weighted by molar-refractivity contribution is 7.89. The Labute approximate surface area is 186 Å². The molecule has 1 fully saturated rings. The minimum absolute atomic E-state index is 0.152. The van der Waals surface area contributed by atoms with Crippen molar-refractivity contribution in [3.63, 3.8) is 0 Å². The summed E-state index contributed by atoms with van der Waals surface area (Å²) in [4.78, 5) is 0.318. The summed E-state index contributed by atoms with van der Waals surface area (Å²) in [5.41, 5.74) is 2.21. The minimum atomic E-state index is -3.73. The Bertz CT molecular complexity index is 1060. The number of fused-ring (bicyclic) bond motifs is 1. The molecule has 1 atom stereocenters. The van der Waals surface area contributed by atoms with Gasteiger partial charge in [0, 0.05) is 12.0 Å². The molecule has 2 aliphatic rings. The molecule has 0 radical (unpaired) electrons. The number of aryl methyl sites for hydroxylation is 1. The Hall–Kier alpha value is -2.05. The van der Waals surface area contributed by atoms with Crippen molar-refractivity contribution in [1.82, 2.24) is 4.72 Å². The quantitative estimate of drug-likeness (QED) is 0.650. The van der Waals surface area contributed by atoms with E-state index < -0.39 is 10.0 Å². The van der Waals surface area contributed by atoms with Crippen LogP contribution in [0.1, 0.15) is 81.0 Å². The van der Waals surface area contributed by atoms with Gasteiger partial charge in [-0.25, -0.2) is 13.1 Å². The largest absolute Gasteiger partial charge is 0.496 e. The zero-order valence-electron chi connectivity index (χ0n) is 18.9. The van der Waals surface area contributed by atoms with Gasteiger partial charge in [0.15, 0.2) is 0 Å². The third kappa shape index (κ3) is 4.33. The predicted molar refractivity (Wildman–Crippen MR) is 122 cm³/mol. The number of ether oxygens (including phenoxy) is 2. The molecule has 0 aromatic heterocycles. The van der Waals surface area contributed by atoms with Crippen LogP contribution in [-0.2, 0) is 10.0 Å². The SMILES string of the molecule is COc1cc(C)c(S(=O)(=O)NC2CC3(CCCCC3)Oc3ccccc32)cc1C(C)C. The molecule has 168 valence electrons. The molecule has 6 heteroatoms. The number of benzene rings is 2. The summed E-state index contributed by atoms with van der Waals surface area (Å²) in [5.74, 6) is 1.68. The minimum Gasteiger partial charge on any atom is -0.496 e. The lowest BCUT2D eigenvalue weighted by molar-refractivity contribution is 0.0000750. The van der Waals surface area contributed by atoms with Gasteiger partial charge in [-0.15, -0.1) is 0 Å². The van der Waals surface area contributed by atoms with Gasteiger partial charge in [-0.05, 0) is 67.9 Å². The van der Waals surface area contributed by atoms with E-state index in [0.717, 1.165) is 48.3 Å². The Balaban J connectivity index is 1.71. The molecule has 1 aliphatic carbocycles. The van der Waals surface area contributed by atoms with Gasteiger partial charge in [-0.3, -0.25) is 0 Å². The summed E-state index contributed by atoms with van der Waals surface area (Å²) in [6.45, 7) is 5.90. The zero-order valence-corrected chi connectivity index (χ0v) is 19.7. The second-order valence-corrected chi connectivity index (χ2v) is 11.0. The molecule has 1 N–H and O–H groups in total. The zero-order chi connectivity index (χ0) is 22.2. The van der Waals surface area contributed by atoms with E-state index >= 15 is 0 Å². The molecule has 2 aromatic carbocycles. The lowest BCUT2D eigenvalue weighted by Gasteiger charge is -2.44. The van der Waals surface area contributed by atoms with Gasteiger partial charge < -0.3 is 9.47 Å². The molecule has 5 nitrogen and oxygen atoms in total. The van der Waals surface area contributed by atoms with Crippen LogP contribution in [0.4, 0.5) is 0 Å². The molecule has 1 saturated carbocycles. The second-order valence-electron chi connectivity index (χ2n) is 9.28. The summed E-state index contributed by atoms with van der Waals surface area (Å²) in [7, 11) is -2.11. The highest BCUT2D eigenvalue weighted by Gasteiger charge is 2.43. The molecule has 0 bridgehead atoms. The van der Waals surface area contributed by atoms with Crippen LogP contribution in [0.2, 0.25) is 0 Å². The normalized spacial score (nSPS) is 20.4. The Morgan fingerprint density at radius 3 is 2.52 bits per heavy atom. The van der Waals surface area contributed by atoms with Crippen LogP contribution < -0.4 is 14.2 Å². The first-order chi connectivity index (χ1) is 14.7. The van der Waals surface area contributed by atoms with Gasteiger partial charge in [0.05, 0.1) is 18.0 Å². The molecular weight excluding hydrogens is 410 g/mol. The van der Waals surface area contributed by atoms with Crippen LogP contribution in [0.15, 0.2) is 41.3 Å². The third-order valence-electron chi connectivity index (χ3n) is 6.70. The molecule has 1 unspecified atom stereocenters. The van der Waals surface area contributed by atoms with Crippen LogP contribution in [0.5, 0.6) is 11.5 Å². The predicted octanol–water partition coefficient (Wildman–Crippen LogP) is 5.63. The van der Waals surface area contributed by atoms with Gasteiger partial charge in [-0.1, -0.05) is 38.5 Å². The van der Waals surface area contributed by atoms with Gasteiger partial charge in [0.1, 0.15) is 17.1 Å². The van der Waals surface area contributed by atoms with Crippen LogP contribution in [0, 0.1) is 6.92 Å². The van der Waals surface area contributed by atoms with Crippen molar-refractivity contribution < 1.29 is 17.9 Å². The lowest BCUT2D eigenvalue weighted by atomic mass is 9.77. The molecular formula is C25H33NO4S. The topological polar surface area (TPSA) is 64.6 Å². The van der Waals surface area contributed by atoms with Crippen molar-refractivity contribution in [2.75, 3.05) is 7.11 Å². The number of sulfonamides is 1. The smallest absolute Gasteiger partial charge is 0.241 e. The first kappa shape index (κ1) is 22.2. The van der Waals surface area contributed by atoms with Gasteiger partial charge in [0.2, 0.25) is 10.0 Å². The van der Waals surface area contributed by atoms with Crippen molar-refractivity contribution in [2.24, 2.45) is 0 Å². The maximum atomic E-state index is 13.6. The van der Waals surface area contributed by atoms with E-state index in [1.54, 1.807) is 13.2 Å². The maximum absolute atomic E-state index is 13.6. The Kier molecular flexibility index (Phi) is 6.05. The molecule has 1 spiro atoms. The molecule has 1 aliphatic heterocycles.